The number of alkyl halides is 6. The molecule has 10 heteroatoms. The molecule has 0 unspecified atom stereocenters. The van der Waals surface area contributed by atoms with E-state index in [0.29, 0.717) is 0 Å². The van der Waals surface area contributed by atoms with E-state index in [0.717, 1.165) is 0 Å². The Morgan fingerprint density at radius 1 is 1.22 bits per heavy atom. The first-order chi connectivity index (χ1) is 8.04. The van der Waals surface area contributed by atoms with Gasteiger partial charge in [-0.05, 0) is 28.7 Å². The van der Waals surface area contributed by atoms with Crippen LogP contribution >= 0.6 is 22.6 Å². The van der Waals surface area contributed by atoms with Crippen LogP contribution in [0.2, 0.25) is 0 Å². The zero-order chi connectivity index (χ0) is 14.1. The predicted molar refractivity (Wildman–Crippen MR) is 54.0 cm³/mol. The van der Waals surface area contributed by atoms with Gasteiger partial charge in [0.15, 0.2) is 6.29 Å². The topological polar surface area (TPSA) is 39.2 Å². The molecule has 0 fully saturated rings. The Bertz CT molecular complexity index is 470. The van der Waals surface area contributed by atoms with Gasteiger partial charge < -0.3 is 4.74 Å². The van der Waals surface area contributed by atoms with Gasteiger partial charge in [0, 0.05) is 5.56 Å². The Morgan fingerprint density at radius 2 is 1.78 bits per heavy atom. The van der Waals surface area contributed by atoms with Crippen molar-refractivity contribution in [3.05, 3.63) is 20.9 Å². The lowest BCUT2D eigenvalue weighted by Crippen LogP contribution is -2.22. The number of nitrogens with zero attached hydrogens (tertiary/aromatic N) is 1. The Kier molecular flexibility index (Phi) is 4.08. The number of pyridine rings is 1. The van der Waals surface area contributed by atoms with Crippen molar-refractivity contribution in [2.45, 2.75) is 12.5 Å². The van der Waals surface area contributed by atoms with Gasteiger partial charge in [-0.25, -0.2) is 4.98 Å². The first-order valence-electron chi connectivity index (χ1n) is 4.03. The number of aldehydes is 1. The van der Waals surface area contributed by atoms with Crippen LogP contribution in [0.3, 0.4) is 0 Å². The second-order valence-electron chi connectivity index (χ2n) is 2.88. The Balaban J connectivity index is 3.40. The molecule has 1 aromatic rings. The van der Waals surface area contributed by atoms with Crippen LogP contribution in [-0.2, 0) is 6.18 Å². The molecule has 0 amide bonds. The molecule has 1 aromatic heterocycles. The number of rotatable bonds is 2. The molecule has 100 valence electrons. The summed E-state index contributed by atoms with van der Waals surface area (Å²) in [6.45, 7) is 0. The molecule has 0 aliphatic carbocycles. The summed E-state index contributed by atoms with van der Waals surface area (Å²) >= 11 is 1.33. The monoisotopic (exact) mass is 385 g/mol. The summed E-state index contributed by atoms with van der Waals surface area (Å²) in [4.78, 5) is 13.4. The van der Waals surface area contributed by atoms with Gasteiger partial charge in [-0.15, -0.1) is 13.2 Å². The summed E-state index contributed by atoms with van der Waals surface area (Å²) in [5, 5.41) is 0. The van der Waals surface area contributed by atoms with E-state index in [1.54, 1.807) is 0 Å². The van der Waals surface area contributed by atoms with E-state index in [1.807, 2.05) is 0 Å². The van der Waals surface area contributed by atoms with Crippen LogP contribution in [0.15, 0.2) is 6.07 Å². The number of hydrogen-bond acceptors (Lipinski definition) is 3. The van der Waals surface area contributed by atoms with Crippen LogP contribution < -0.4 is 4.74 Å². The van der Waals surface area contributed by atoms with Gasteiger partial charge in [0.1, 0.15) is 9.26 Å². The lowest BCUT2D eigenvalue weighted by molar-refractivity contribution is -0.277. The van der Waals surface area contributed by atoms with E-state index in [9.17, 15) is 31.1 Å². The summed E-state index contributed by atoms with van der Waals surface area (Å²) in [6, 6.07) is 0.253. The number of ether oxygens (including phenoxy) is 1. The van der Waals surface area contributed by atoms with Crippen LogP contribution in [0.25, 0.3) is 0 Å². The molecule has 0 atom stereocenters. The molecular weight excluding hydrogens is 383 g/mol. The number of aromatic nitrogens is 1. The fourth-order valence-corrected chi connectivity index (χ4v) is 1.47. The maximum Gasteiger partial charge on any atom is 0.574 e. The molecule has 1 rings (SSSR count). The minimum Gasteiger partial charge on any atom is -0.387 e. The van der Waals surface area contributed by atoms with Crippen molar-refractivity contribution >= 4 is 28.9 Å². The van der Waals surface area contributed by atoms with E-state index >= 15 is 0 Å². The highest BCUT2D eigenvalue weighted by molar-refractivity contribution is 14.1. The molecule has 0 radical (unpaired) electrons. The molecule has 0 spiro atoms. The molecule has 18 heavy (non-hydrogen) atoms. The Labute approximate surface area is 109 Å². The van der Waals surface area contributed by atoms with Crippen LogP contribution in [0.1, 0.15) is 15.9 Å². The summed E-state index contributed by atoms with van der Waals surface area (Å²) in [7, 11) is 0. The van der Waals surface area contributed by atoms with Gasteiger partial charge in [0.2, 0.25) is 5.88 Å². The Morgan fingerprint density at radius 3 is 2.17 bits per heavy atom. The zero-order valence-electron chi connectivity index (χ0n) is 8.06. The van der Waals surface area contributed by atoms with Crippen molar-refractivity contribution in [3.63, 3.8) is 0 Å². The quantitative estimate of drug-likeness (QED) is 0.339. The maximum atomic E-state index is 12.5. The van der Waals surface area contributed by atoms with Crippen molar-refractivity contribution in [2.75, 3.05) is 0 Å². The van der Waals surface area contributed by atoms with Gasteiger partial charge in [-0.1, -0.05) is 0 Å². The van der Waals surface area contributed by atoms with Gasteiger partial charge in [0.25, 0.3) is 0 Å². The predicted octanol–water partition coefficient (Wildman–Crippen LogP) is 3.42. The summed E-state index contributed by atoms with van der Waals surface area (Å²) in [5.41, 5.74) is -2.24. The molecule has 0 saturated heterocycles. The van der Waals surface area contributed by atoms with Crippen LogP contribution in [-0.4, -0.2) is 17.6 Å². The fourth-order valence-electron chi connectivity index (χ4n) is 0.964. The summed E-state index contributed by atoms with van der Waals surface area (Å²) < 4.78 is 76.0. The minimum atomic E-state index is -5.31. The van der Waals surface area contributed by atoms with E-state index in [1.165, 1.54) is 22.6 Å². The van der Waals surface area contributed by atoms with Crippen molar-refractivity contribution in [2.24, 2.45) is 0 Å². The third kappa shape index (κ3) is 3.71. The SMILES string of the molecule is O=Cc1cc(C(F)(F)F)c(OC(F)(F)F)nc1I. The third-order valence-electron chi connectivity index (χ3n) is 1.61. The molecule has 0 aliphatic heterocycles. The van der Waals surface area contributed by atoms with Crippen molar-refractivity contribution in [3.8, 4) is 5.88 Å². The average Bonchev–Trinajstić information content (AvgIpc) is 2.13. The minimum absolute atomic E-state index is 0.0569. The fraction of sp³-hybridized carbons (Fsp3) is 0.250. The Hall–Kier alpha value is -1.07. The number of carbonyl (C=O) groups is 1. The zero-order valence-corrected chi connectivity index (χ0v) is 10.2. The van der Waals surface area contributed by atoms with Crippen molar-refractivity contribution in [1.82, 2.24) is 4.98 Å². The first-order valence-corrected chi connectivity index (χ1v) is 5.11. The standard InChI is InChI=1S/C8H2F6INO2/c9-7(10,11)4-1-3(2-17)5(15)16-6(4)18-8(12,13)14/h1-2H. The number of hydrogen-bond donors (Lipinski definition) is 0. The highest BCUT2D eigenvalue weighted by atomic mass is 127. The molecule has 0 aliphatic rings. The van der Waals surface area contributed by atoms with Crippen molar-refractivity contribution < 1.29 is 35.9 Å². The van der Waals surface area contributed by atoms with E-state index in [-0.39, 0.29) is 16.1 Å². The largest absolute Gasteiger partial charge is 0.574 e. The third-order valence-corrected chi connectivity index (χ3v) is 2.48. The highest BCUT2D eigenvalue weighted by Gasteiger charge is 2.41. The van der Waals surface area contributed by atoms with Crippen LogP contribution in [0.4, 0.5) is 26.3 Å². The average molecular weight is 385 g/mol. The molecular formula is C8H2F6INO2. The van der Waals surface area contributed by atoms with E-state index in [2.05, 4.69) is 9.72 Å². The summed E-state index contributed by atoms with van der Waals surface area (Å²) in [5.74, 6) is -1.63. The molecule has 0 N–H and O–H groups in total. The smallest absolute Gasteiger partial charge is 0.387 e. The molecule has 0 bridgehead atoms. The first kappa shape index (κ1) is 15.0. The second kappa shape index (κ2) is 4.90. The normalized spacial score (nSPS) is 12.4. The highest BCUT2D eigenvalue weighted by Crippen LogP contribution is 2.38. The summed E-state index contributed by atoms with van der Waals surface area (Å²) in [6.07, 6.45) is -10.4. The molecule has 3 nitrogen and oxygen atoms in total. The van der Waals surface area contributed by atoms with Gasteiger partial charge >= 0.3 is 12.5 Å². The van der Waals surface area contributed by atoms with E-state index in [4.69, 9.17) is 0 Å². The van der Waals surface area contributed by atoms with E-state index < -0.39 is 29.5 Å². The number of halogens is 7. The van der Waals surface area contributed by atoms with Gasteiger partial charge in [0.05, 0.1) is 0 Å². The second-order valence-corrected chi connectivity index (χ2v) is 3.91. The molecule has 0 aromatic carbocycles. The van der Waals surface area contributed by atoms with Gasteiger partial charge in [-0.3, -0.25) is 4.79 Å². The maximum absolute atomic E-state index is 12.5. The van der Waals surface area contributed by atoms with Crippen molar-refractivity contribution in [1.29, 1.82) is 0 Å². The lowest BCUT2D eigenvalue weighted by atomic mass is 10.2. The molecule has 1 heterocycles. The molecule has 0 saturated carbocycles. The lowest BCUT2D eigenvalue weighted by Gasteiger charge is -2.15. The van der Waals surface area contributed by atoms with Gasteiger partial charge in [-0.2, -0.15) is 13.2 Å². The number of carbonyl (C=O) groups excluding carboxylic acids is 1. The van der Waals surface area contributed by atoms with Crippen LogP contribution in [0.5, 0.6) is 5.88 Å². The van der Waals surface area contributed by atoms with Crippen LogP contribution in [0, 0.1) is 3.70 Å².